The molecule has 0 aliphatic carbocycles. The van der Waals surface area contributed by atoms with Gasteiger partial charge in [-0.1, -0.05) is 11.6 Å². The summed E-state index contributed by atoms with van der Waals surface area (Å²) in [6.45, 7) is 1.99. The second-order valence-electron chi connectivity index (χ2n) is 3.28. The molecule has 0 saturated carbocycles. The van der Waals surface area contributed by atoms with E-state index in [-0.39, 0.29) is 6.10 Å². The number of aliphatic hydroxyl groups is 1. The van der Waals surface area contributed by atoms with Crippen LogP contribution in [0.2, 0.25) is 4.34 Å². The molecule has 1 aromatic heterocycles. The van der Waals surface area contributed by atoms with Gasteiger partial charge in [0.25, 0.3) is 0 Å². The van der Waals surface area contributed by atoms with Crippen molar-refractivity contribution >= 4 is 22.9 Å². The smallest absolute Gasteiger partial charge is 0.0932 e. The predicted octanol–water partition coefficient (Wildman–Crippen LogP) is 3.25. The SMILES string of the molecule is COC(C)CCC(O)c1ccc(Cl)s1. The zero-order valence-corrected chi connectivity index (χ0v) is 9.94. The van der Waals surface area contributed by atoms with Crippen molar-refractivity contribution in [2.24, 2.45) is 0 Å². The fraction of sp³-hybridized carbons (Fsp3) is 0.600. The Balaban J connectivity index is 2.39. The van der Waals surface area contributed by atoms with Crippen molar-refractivity contribution in [2.75, 3.05) is 7.11 Å². The summed E-state index contributed by atoms with van der Waals surface area (Å²) < 4.78 is 5.83. The van der Waals surface area contributed by atoms with E-state index in [4.69, 9.17) is 16.3 Å². The second-order valence-corrected chi connectivity index (χ2v) is 5.03. The number of hydrogen-bond acceptors (Lipinski definition) is 3. The van der Waals surface area contributed by atoms with Crippen molar-refractivity contribution in [3.63, 3.8) is 0 Å². The van der Waals surface area contributed by atoms with Crippen LogP contribution in [-0.4, -0.2) is 18.3 Å². The molecule has 80 valence electrons. The van der Waals surface area contributed by atoms with Gasteiger partial charge in [-0.2, -0.15) is 0 Å². The van der Waals surface area contributed by atoms with E-state index in [9.17, 15) is 5.11 Å². The van der Waals surface area contributed by atoms with E-state index in [0.717, 1.165) is 15.6 Å². The molecule has 2 nitrogen and oxygen atoms in total. The summed E-state index contributed by atoms with van der Waals surface area (Å²) in [5.74, 6) is 0. The van der Waals surface area contributed by atoms with Crippen LogP contribution >= 0.6 is 22.9 Å². The van der Waals surface area contributed by atoms with Crippen LogP contribution in [0.15, 0.2) is 12.1 Å². The van der Waals surface area contributed by atoms with Crippen LogP contribution in [0.4, 0.5) is 0 Å². The van der Waals surface area contributed by atoms with Crippen molar-refractivity contribution in [3.05, 3.63) is 21.3 Å². The van der Waals surface area contributed by atoms with E-state index < -0.39 is 6.10 Å². The van der Waals surface area contributed by atoms with Gasteiger partial charge >= 0.3 is 0 Å². The summed E-state index contributed by atoms with van der Waals surface area (Å²) in [5, 5.41) is 9.77. The molecule has 0 amide bonds. The van der Waals surface area contributed by atoms with E-state index in [0.29, 0.717) is 6.42 Å². The normalized spacial score (nSPS) is 15.4. The summed E-state index contributed by atoms with van der Waals surface area (Å²) in [6.07, 6.45) is 1.35. The Morgan fingerprint density at radius 2 is 2.21 bits per heavy atom. The highest BCUT2D eigenvalue weighted by atomic mass is 35.5. The molecule has 0 spiro atoms. The number of halogens is 1. The molecule has 0 bridgehead atoms. The number of aliphatic hydroxyl groups excluding tert-OH is 1. The molecule has 1 heterocycles. The summed E-state index contributed by atoms with van der Waals surface area (Å²) in [6, 6.07) is 3.68. The van der Waals surface area contributed by atoms with Crippen molar-refractivity contribution in [1.82, 2.24) is 0 Å². The average Bonchev–Trinajstić information content (AvgIpc) is 2.60. The van der Waals surface area contributed by atoms with Crippen molar-refractivity contribution in [1.29, 1.82) is 0 Å². The molecule has 0 aliphatic rings. The number of thiophene rings is 1. The van der Waals surface area contributed by atoms with E-state index in [1.165, 1.54) is 11.3 Å². The lowest BCUT2D eigenvalue weighted by Crippen LogP contribution is -2.07. The summed E-state index contributed by atoms with van der Waals surface area (Å²) in [5.41, 5.74) is 0. The van der Waals surface area contributed by atoms with Gasteiger partial charge in [0, 0.05) is 12.0 Å². The number of hydrogen-bond donors (Lipinski definition) is 1. The van der Waals surface area contributed by atoms with Crippen molar-refractivity contribution < 1.29 is 9.84 Å². The van der Waals surface area contributed by atoms with E-state index in [1.54, 1.807) is 7.11 Å². The zero-order valence-electron chi connectivity index (χ0n) is 8.37. The molecule has 1 rings (SSSR count). The third-order valence-corrected chi connectivity index (χ3v) is 3.50. The summed E-state index contributed by atoms with van der Waals surface area (Å²) in [7, 11) is 1.68. The summed E-state index contributed by atoms with van der Waals surface area (Å²) in [4.78, 5) is 0.929. The third-order valence-electron chi connectivity index (χ3n) is 2.17. The molecule has 0 fully saturated rings. The molecular weight excluding hydrogens is 220 g/mol. The summed E-state index contributed by atoms with van der Waals surface area (Å²) >= 11 is 7.21. The highest BCUT2D eigenvalue weighted by molar-refractivity contribution is 7.16. The molecule has 4 heteroatoms. The van der Waals surface area contributed by atoms with Gasteiger partial charge in [-0.05, 0) is 31.9 Å². The quantitative estimate of drug-likeness (QED) is 0.848. The minimum atomic E-state index is -0.412. The zero-order chi connectivity index (χ0) is 10.6. The van der Waals surface area contributed by atoms with Gasteiger partial charge in [-0.3, -0.25) is 0 Å². The van der Waals surface area contributed by atoms with Gasteiger partial charge < -0.3 is 9.84 Å². The second kappa shape index (κ2) is 5.71. The molecule has 1 aromatic rings. The van der Waals surface area contributed by atoms with Crippen LogP contribution < -0.4 is 0 Å². The fourth-order valence-electron chi connectivity index (χ4n) is 1.16. The first-order chi connectivity index (χ1) is 6.63. The Morgan fingerprint density at radius 3 is 2.71 bits per heavy atom. The standard InChI is InChI=1S/C10H15ClO2S/c1-7(13-2)3-4-8(12)9-5-6-10(11)14-9/h5-8,12H,3-4H2,1-2H3. The minimum absolute atomic E-state index is 0.195. The van der Waals surface area contributed by atoms with Crippen molar-refractivity contribution in [3.8, 4) is 0 Å². The maximum Gasteiger partial charge on any atom is 0.0932 e. The van der Waals surface area contributed by atoms with Crippen LogP contribution in [0.5, 0.6) is 0 Å². The first kappa shape index (κ1) is 12.0. The fourth-order valence-corrected chi connectivity index (χ4v) is 2.24. The van der Waals surface area contributed by atoms with E-state index in [1.807, 2.05) is 19.1 Å². The number of methoxy groups -OCH3 is 1. The lowest BCUT2D eigenvalue weighted by Gasteiger charge is -2.12. The van der Waals surface area contributed by atoms with Gasteiger partial charge in [-0.25, -0.2) is 0 Å². The van der Waals surface area contributed by atoms with Crippen LogP contribution in [0.1, 0.15) is 30.7 Å². The molecule has 0 aliphatic heterocycles. The molecule has 0 saturated heterocycles. The van der Waals surface area contributed by atoms with E-state index in [2.05, 4.69) is 0 Å². The average molecular weight is 235 g/mol. The van der Waals surface area contributed by atoms with E-state index >= 15 is 0 Å². The largest absolute Gasteiger partial charge is 0.388 e. The predicted molar refractivity (Wildman–Crippen MR) is 60.0 cm³/mol. The van der Waals surface area contributed by atoms with Gasteiger partial charge in [0.05, 0.1) is 16.5 Å². The van der Waals surface area contributed by atoms with Gasteiger partial charge in [0.2, 0.25) is 0 Å². The van der Waals surface area contributed by atoms with Crippen molar-refractivity contribution in [2.45, 2.75) is 32.0 Å². The first-order valence-electron chi connectivity index (χ1n) is 4.59. The van der Waals surface area contributed by atoms with Crippen LogP contribution in [0, 0.1) is 0 Å². The lowest BCUT2D eigenvalue weighted by atomic mass is 10.1. The highest BCUT2D eigenvalue weighted by Crippen LogP contribution is 2.29. The van der Waals surface area contributed by atoms with Crippen LogP contribution in [-0.2, 0) is 4.74 Å². The van der Waals surface area contributed by atoms with Crippen LogP contribution in [0.3, 0.4) is 0 Å². The van der Waals surface area contributed by atoms with Gasteiger partial charge in [0.15, 0.2) is 0 Å². The number of rotatable bonds is 5. The van der Waals surface area contributed by atoms with Crippen LogP contribution in [0.25, 0.3) is 0 Å². The minimum Gasteiger partial charge on any atom is -0.388 e. The molecular formula is C10H15ClO2S. The van der Waals surface area contributed by atoms with Gasteiger partial charge in [-0.15, -0.1) is 11.3 Å². The Bertz CT molecular complexity index is 275. The Kier molecular flexibility index (Phi) is 4.89. The maximum atomic E-state index is 9.77. The highest BCUT2D eigenvalue weighted by Gasteiger charge is 2.11. The topological polar surface area (TPSA) is 29.5 Å². The Morgan fingerprint density at radius 1 is 1.50 bits per heavy atom. The molecule has 14 heavy (non-hydrogen) atoms. The third kappa shape index (κ3) is 3.58. The molecule has 0 aromatic carbocycles. The lowest BCUT2D eigenvalue weighted by molar-refractivity contribution is 0.0860. The molecule has 1 N–H and O–H groups in total. The van der Waals surface area contributed by atoms with Gasteiger partial charge in [0.1, 0.15) is 0 Å². The maximum absolute atomic E-state index is 9.77. The monoisotopic (exact) mass is 234 g/mol. The Hall–Kier alpha value is -0.0900. The first-order valence-corrected chi connectivity index (χ1v) is 5.79. The molecule has 2 unspecified atom stereocenters. The molecule has 0 radical (unpaired) electrons. The number of ether oxygens (including phenoxy) is 1. The Labute approximate surface area is 93.5 Å². The molecule has 2 atom stereocenters.